The van der Waals surface area contributed by atoms with Crippen molar-refractivity contribution in [3.05, 3.63) is 29.7 Å². The molecule has 1 aliphatic carbocycles. The molecule has 0 amide bonds. The molecule has 0 aromatic carbocycles. The summed E-state index contributed by atoms with van der Waals surface area (Å²) in [7, 11) is 0. The molecule has 2 aromatic heterocycles. The molecular weight excluding hydrogens is 178 g/mol. The average molecular weight is 187 g/mol. The number of aromatic nitrogens is 3. The second-order valence-corrected chi connectivity index (χ2v) is 3.53. The molecule has 0 aliphatic heterocycles. The minimum Gasteiger partial charge on any atom is -0.292 e. The fourth-order valence-corrected chi connectivity index (χ4v) is 1.87. The smallest absolute Gasteiger partial charge is 0.181 e. The first-order valence-corrected chi connectivity index (χ1v) is 4.71. The average Bonchev–Trinajstić information content (AvgIpc) is 2.62. The van der Waals surface area contributed by atoms with E-state index in [1.807, 2.05) is 12.3 Å². The topological polar surface area (TPSA) is 47.3 Å². The van der Waals surface area contributed by atoms with Gasteiger partial charge < -0.3 is 0 Å². The first-order valence-electron chi connectivity index (χ1n) is 4.71. The monoisotopic (exact) mass is 187 g/mol. The first kappa shape index (κ1) is 7.67. The van der Waals surface area contributed by atoms with Crippen molar-refractivity contribution >= 4 is 11.4 Å². The van der Waals surface area contributed by atoms with Crippen LogP contribution in [-0.4, -0.2) is 20.4 Å². The fraction of sp³-hybridized carbons (Fsp3) is 0.300. The normalized spacial score (nSPS) is 15.9. The summed E-state index contributed by atoms with van der Waals surface area (Å²) in [5.41, 5.74) is 2.42. The molecular formula is C10H9N3O. The van der Waals surface area contributed by atoms with E-state index in [9.17, 15) is 4.79 Å². The third-order valence-corrected chi connectivity index (χ3v) is 2.57. The number of carbonyl (C=O) groups is 1. The van der Waals surface area contributed by atoms with Gasteiger partial charge in [0.15, 0.2) is 11.4 Å². The van der Waals surface area contributed by atoms with E-state index in [0.717, 1.165) is 24.1 Å². The van der Waals surface area contributed by atoms with Crippen molar-refractivity contribution in [2.45, 2.75) is 19.3 Å². The molecule has 1 aliphatic rings. The van der Waals surface area contributed by atoms with Crippen molar-refractivity contribution in [3.63, 3.8) is 0 Å². The highest BCUT2D eigenvalue weighted by Gasteiger charge is 2.19. The van der Waals surface area contributed by atoms with Gasteiger partial charge in [-0.3, -0.25) is 4.79 Å². The molecule has 0 bridgehead atoms. The van der Waals surface area contributed by atoms with E-state index in [2.05, 4.69) is 10.1 Å². The van der Waals surface area contributed by atoms with E-state index in [0.29, 0.717) is 12.1 Å². The Labute approximate surface area is 80.6 Å². The van der Waals surface area contributed by atoms with Crippen molar-refractivity contribution in [1.82, 2.24) is 14.6 Å². The van der Waals surface area contributed by atoms with Gasteiger partial charge in [0.2, 0.25) is 0 Å². The quantitative estimate of drug-likeness (QED) is 0.623. The van der Waals surface area contributed by atoms with Crippen LogP contribution in [0.5, 0.6) is 0 Å². The number of ketones is 1. The number of nitrogens with zero attached hydrogens (tertiary/aromatic N) is 3. The summed E-state index contributed by atoms with van der Waals surface area (Å²) in [5.74, 6) is 0.162. The van der Waals surface area contributed by atoms with Gasteiger partial charge in [-0.2, -0.15) is 5.10 Å². The third-order valence-electron chi connectivity index (χ3n) is 2.57. The standard InChI is InChI=1S/C10H9N3O/c14-8-3-1-2-7-6-13-9(4-5-11-13)12-10(7)8/h4-6H,1-3H2. The Balaban J connectivity index is 2.32. The molecule has 0 unspecified atom stereocenters. The van der Waals surface area contributed by atoms with Crippen molar-refractivity contribution < 1.29 is 4.79 Å². The number of hydrogen-bond acceptors (Lipinski definition) is 3. The van der Waals surface area contributed by atoms with Crippen LogP contribution < -0.4 is 0 Å². The molecule has 0 N–H and O–H groups in total. The predicted octanol–water partition coefficient (Wildman–Crippen LogP) is 1.25. The molecule has 4 heteroatoms. The van der Waals surface area contributed by atoms with Gasteiger partial charge in [-0.05, 0) is 18.4 Å². The van der Waals surface area contributed by atoms with Crippen LogP contribution in [0.2, 0.25) is 0 Å². The molecule has 0 spiro atoms. The van der Waals surface area contributed by atoms with Crippen LogP contribution >= 0.6 is 0 Å². The second-order valence-electron chi connectivity index (χ2n) is 3.53. The number of hydrogen-bond donors (Lipinski definition) is 0. The Morgan fingerprint density at radius 2 is 2.29 bits per heavy atom. The Hall–Kier alpha value is -1.71. The highest BCUT2D eigenvalue weighted by atomic mass is 16.1. The van der Waals surface area contributed by atoms with Crippen LogP contribution in [0, 0.1) is 0 Å². The summed E-state index contributed by atoms with van der Waals surface area (Å²) in [6.45, 7) is 0. The van der Waals surface area contributed by atoms with E-state index in [4.69, 9.17) is 0 Å². The third kappa shape index (κ3) is 0.968. The van der Waals surface area contributed by atoms with Gasteiger partial charge in [-0.1, -0.05) is 0 Å². The lowest BCUT2D eigenvalue weighted by Crippen LogP contribution is -2.14. The van der Waals surface area contributed by atoms with Gasteiger partial charge in [-0.25, -0.2) is 9.50 Å². The van der Waals surface area contributed by atoms with Crippen LogP contribution in [-0.2, 0) is 6.42 Å². The lowest BCUT2D eigenvalue weighted by molar-refractivity contribution is 0.0967. The maximum atomic E-state index is 11.6. The predicted molar refractivity (Wildman–Crippen MR) is 50.3 cm³/mol. The number of Topliss-reactive ketones (excluding diaryl/α,β-unsaturated/α-hetero) is 1. The zero-order valence-corrected chi connectivity index (χ0v) is 7.60. The zero-order chi connectivity index (χ0) is 9.54. The molecule has 2 aromatic rings. The Morgan fingerprint density at radius 3 is 3.21 bits per heavy atom. The highest BCUT2D eigenvalue weighted by Crippen LogP contribution is 2.19. The summed E-state index contributed by atoms with van der Waals surface area (Å²) in [5, 5.41) is 4.09. The summed E-state index contributed by atoms with van der Waals surface area (Å²) in [6, 6.07) is 1.81. The lowest BCUT2D eigenvalue weighted by Gasteiger charge is -2.12. The number of carbonyl (C=O) groups excluding carboxylic acids is 1. The van der Waals surface area contributed by atoms with Crippen LogP contribution in [0.1, 0.15) is 28.9 Å². The van der Waals surface area contributed by atoms with Gasteiger partial charge >= 0.3 is 0 Å². The maximum Gasteiger partial charge on any atom is 0.181 e. The Bertz CT molecular complexity index is 515. The summed E-state index contributed by atoms with van der Waals surface area (Å²) in [6.07, 6.45) is 6.10. The minimum absolute atomic E-state index is 0.162. The van der Waals surface area contributed by atoms with E-state index >= 15 is 0 Å². The Morgan fingerprint density at radius 1 is 1.36 bits per heavy atom. The highest BCUT2D eigenvalue weighted by molar-refractivity contribution is 5.96. The molecule has 0 radical (unpaired) electrons. The molecule has 0 saturated carbocycles. The SMILES string of the molecule is O=C1CCCc2cn3nccc3nc21. The van der Waals surface area contributed by atoms with Gasteiger partial charge in [0.25, 0.3) is 0 Å². The number of fused-ring (bicyclic) bond motifs is 2. The molecule has 0 saturated heterocycles. The maximum absolute atomic E-state index is 11.6. The first-order chi connectivity index (χ1) is 6.84. The molecule has 14 heavy (non-hydrogen) atoms. The van der Waals surface area contributed by atoms with E-state index in [1.54, 1.807) is 10.7 Å². The Kier molecular flexibility index (Phi) is 1.45. The summed E-state index contributed by atoms with van der Waals surface area (Å²) < 4.78 is 1.72. The van der Waals surface area contributed by atoms with Gasteiger partial charge in [0.1, 0.15) is 5.69 Å². The van der Waals surface area contributed by atoms with E-state index in [-0.39, 0.29) is 5.78 Å². The summed E-state index contributed by atoms with van der Waals surface area (Å²) in [4.78, 5) is 15.9. The lowest BCUT2D eigenvalue weighted by atomic mass is 9.96. The molecule has 0 fully saturated rings. The van der Waals surface area contributed by atoms with E-state index in [1.165, 1.54) is 0 Å². The van der Waals surface area contributed by atoms with Crippen LogP contribution in [0.15, 0.2) is 18.5 Å². The van der Waals surface area contributed by atoms with Crippen LogP contribution in [0.4, 0.5) is 0 Å². The summed E-state index contributed by atoms with van der Waals surface area (Å²) >= 11 is 0. The number of aryl methyl sites for hydroxylation is 1. The second kappa shape index (κ2) is 2.64. The molecule has 3 rings (SSSR count). The minimum atomic E-state index is 0.162. The van der Waals surface area contributed by atoms with Crippen molar-refractivity contribution in [1.29, 1.82) is 0 Å². The molecule has 70 valence electrons. The van der Waals surface area contributed by atoms with Crippen molar-refractivity contribution in [3.8, 4) is 0 Å². The largest absolute Gasteiger partial charge is 0.292 e. The zero-order valence-electron chi connectivity index (χ0n) is 7.60. The van der Waals surface area contributed by atoms with Crippen LogP contribution in [0.25, 0.3) is 5.65 Å². The molecule has 4 nitrogen and oxygen atoms in total. The van der Waals surface area contributed by atoms with Crippen molar-refractivity contribution in [2.24, 2.45) is 0 Å². The molecule has 0 atom stereocenters. The van der Waals surface area contributed by atoms with Crippen LogP contribution in [0.3, 0.4) is 0 Å². The van der Waals surface area contributed by atoms with Gasteiger partial charge in [0, 0.05) is 18.7 Å². The molecule has 2 heterocycles. The van der Waals surface area contributed by atoms with Gasteiger partial charge in [-0.15, -0.1) is 0 Å². The van der Waals surface area contributed by atoms with Gasteiger partial charge in [0.05, 0.1) is 6.20 Å². The number of rotatable bonds is 0. The fourth-order valence-electron chi connectivity index (χ4n) is 1.87. The van der Waals surface area contributed by atoms with Crippen molar-refractivity contribution in [2.75, 3.05) is 0 Å². The van der Waals surface area contributed by atoms with E-state index < -0.39 is 0 Å².